The average molecular weight is 531 g/mol. The zero-order valence-electron chi connectivity index (χ0n) is 20.3. The van der Waals surface area contributed by atoms with Gasteiger partial charge in [-0.2, -0.15) is 30.2 Å². The molecule has 4 rings (SSSR count). The van der Waals surface area contributed by atoms with Crippen molar-refractivity contribution in [1.29, 1.82) is 0 Å². The molecule has 0 bridgehead atoms. The van der Waals surface area contributed by atoms with E-state index in [1.807, 2.05) is 6.92 Å². The Morgan fingerprint density at radius 3 is 2.28 bits per heavy atom. The predicted octanol–water partition coefficient (Wildman–Crippen LogP) is 2.61. The van der Waals surface area contributed by atoms with E-state index in [-0.39, 0.29) is 24.9 Å². The number of carbonyl (C=O) groups is 2. The molecule has 1 aromatic rings. The van der Waals surface area contributed by atoms with Crippen LogP contribution in [0.15, 0.2) is 24.3 Å². The summed E-state index contributed by atoms with van der Waals surface area (Å²) in [4.78, 5) is 27.8. The van der Waals surface area contributed by atoms with Crippen molar-refractivity contribution < 1.29 is 31.2 Å². The first kappa shape index (κ1) is 26.9. The molecule has 3 saturated heterocycles. The number of hydrogen-bond donors (Lipinski definition) is 1. The molecule has 12 heteroatoms. The fourth-order valence-corrected chi connectivity index (χ4v) is 7.11. The molecule has 8 nitrogen and oxygen atoms in total. The summed E-state index contributed by atoms with van der Waals surface area (Å²) in [5.41, 5.74) is -0.232. The minimum Gasteiger partial charge on any atom is -0.350 e. The van der Waals surface area contributed by atoms with Gasteiger partial charge in [-0.25, -0.2) is 0 Å². The number of amides is 2. The van der Waals surface area contributed by atoms with Crippen molar-refractivity contribution in [1.82, 2.24) is 18.8 Å². The van der Waals surface area contributed by atoms with Crippen LogP contribution in [0.5, 0.6) is 0 Å². The van der Waals surface area contributed by atoms with E-state index in [2.05, 4.69) is 5.32 Å². The van der Waals surface area contributed by atoms with E-state index in [1.54, 1.807) is 4.90 Å². The lowest BCUT2D eigenvalue weighted by molar-refractivity contribution is -0.142. The first-order valence-electron chi connectivity index (χ1n) is 12.5. The quantitative estimate of drug-likeness (QED) is 0.613. The number of hydrogen-bond acceptors (Lipinski definition) is 4. The Hall–Kier alpha value is -2.18. The summed E-state index contributed by atoms with van der Waals surface area (Å²) in [6, 6.07) is 3.91. The average Bonchev–Trinajstić information content (AvgIpc) is 3.51. The van der Waals surface area contributed by atoms with Crippen molar-refractivity contribution in [3.63, 3.8) is 0 Å². The molecule has 3 fully saturated rings. The van der Waals surface area contributed by atoms with Crippen LogP contribution < -0.4 is 5.32 Å². The molecule has 3 aliphatic heterocycles. The molecule has 3 atom stereocenters. The minimum atomic E-state index is -4.42. The van der Waals surface area contributed by atoms with Crippen molar-refractivity contribution in [2.75, 3.05) is 32.7 Å². The fraction of sp³-hybridized carbons (Fsp3) is 0.667. The first-order chi connectivity index (χ1) is 17.0. The summed E-state index contributed by atoms with van der Waals surface area (Å²) in [6.07, 6.45) is -1.30. The highest BCUT2D eigenvalue weighted by Gasteiger charge is 2.42. The lowest BCUT2D eigenvalue weighted by Gasteiger charge is -2.36. The summed E-state index contributed by atoms with van der Waals surface area (Å²) < 4.78 is 67.3. The van der Waals surface area contributed by atoms with Gasteiger partial charge in [0.2, 0.25) is 11.8 Å². The Labute approximate surface area is 210 Å². The molecule has 0 aliphatic carbocycles. The van der Waals surface area contributed by atoms with Crippen LogP contribution in [0.25, 0.3) is 0 Å². The highest BCUT2D eigenvalue weighted by atomic mass is 32.2. The van der Waals surface area contributed by atoms with Crippen LogP contribution in [0.4, 0.5) is 13.2 Å². The van der Waals surface area contributed by atoms with E-state index in [0.29, 0.717) is 63.3 Å². The van der Waals surface area contributed by atoms with Gasteiger partial charge in [0.15, 0.2) is 0 Å². The maximum atomic E-state index is 13.4. The number of benzene rings is 1. The van der Waals surface area contributed by atoms with Crippen LogP contribution in [0.2, 0.25) is 0 Å². The van der Waals surface area contributed by atoms with Crippen LogP contribution in [0, 0.1) is 11.8 Å². The van der Waals surface area contributed by atoms with Gasteiger partial charge in [0.25, 0.3) is 10.2 Å². The molecule has 0 radical (unpaired) electrons. The van der Waals surface area contributed by atoms with E-state index in [0.717, 1.165) is 18.6 Å². The summed E-state index contributed by atoms with van der Waals surface area (Å²) in [7, 11) is -3.62. The molecule has 3 aliphatic rings. The predicted molar refractivity (Wildman–Crippen MR) is 127 cm³/mol. The number of carbonyl (C=O) groups excluding carboxylic acids is 2. The van der Waals surface area contributed by atoms with Crippen molar-refractivity contribution >= 4 is 22.0 Å². The number of alkyl halides is 3. The maximum absolute atomic E-state index is 13.4. The Kier molecular flexibility index (Phi) is 7.96. The summed E-state index contributed by atoms with van der Waals surface area (Å²) >= 11 is 0. The first-order valence-corrected chi connectivity index (χ1v) is 13.9. The zero-order chi connectivity index (χ0) is 26.1. The van der Waals surface area contributed by atoms with Crippen LogP contribution >= 0.6 is 0 Å². The number of nitrogens with zero attached hydrogens (tertiary/aromatic N) is 3. The van der Waals surface area contributed by atoms with E-state index >= 15 is 0 Å². The van der Waals surface area contributed by atoms with Crippen molar-refractivity contribution in [3.05, 3.63) is 35.4 Å². The Balaban J connectivity index is 1.35. The maximum Gasteiger partial charge on any atom is 0.416 e. The highest BCUT2D eigenvalue weighted by Crippen LogP contribution is 2.30. The number of nitrogens with one attached hydrogen (secondary N) is 1. The van der Waals surface area contributed by atoms with Gasteiger partial charge in [-0.15, -0.1) is 0 Å². The SMILES string of the molecule is C[C@H]1CCN(S(=O)(=O)N2CCC[C@H](C(=O)N3CCC[C@@H]3C(=O)NCc3ccc(C(F)(F)F)cc3)C2)C1. The molecule has 0 spiro atoms. The third kappa shape index (κ3) is 5.86. The van der Waals surface area contributed by atoms with Gasteiger partial charge in [0, 0.05) is 39.3 Å². The second kappa shape index (κ2) is 10.7. The third-order valence-electron chi connectivity index (χ3n) is 7.36. The standard InChI is InChI=1S/C24H33F3N4O4S/c1-17-10-13-30(15-17)36(34,35)29-11-2-4-19(16-29)23(33)31-12-3-5-21(31)22(32)28-14-18-6-8-20(9-7-18)24(25,26)27/h6-9,17,19,21H,2-5,10-16H2,1H3,(H,28,32)/t17-,19-,21+/m0/s1. The van der Waals surface area contributed by atoms with Crippen molar-refractivity contribution in [3.8, 4) is 0 Å². The molecule has 200 valence electrons. The zero-order valence-corrected chi connectivity index (χ0v) is 21.2. The second-order valence-corrected chi connectivity index (χ2v) is 12.0. The molecule has 2 amide bonds. The summed E-state index contributed by atoms with van der Waals surface area (Å²) in [6.45, 7) is 3.98. The molecular weight excluding hydrogens is 497 g/mol. The third-order valence-corrected chi connectivity index (χ3v) is 9.33. The molecule has 0 saturated carbocycles. The lowest BCUT2D eigenvalue weighted by Crippen LogP contribution is -2.53. The number of halogens is 3. The monoisotopic (exact) mass is 530 g/mol. The highest BCUT2D eigenvalue weighted by molar-refractivity contribution is 7.86. The van der Waals surface area contributed by atoms with Crippen LogP contribution in [-0.2, 0) is 32.5 Å². The van der Waals surface area contributed by atoms with Gasteiger partial charge in [0.1, 0.15) is 6.04 Å². The normalized spacial score (nSPS) is 26.3. The van der Waals surface area contributed by atoms with E-state index in [4.69, 9.17) is 0 Å². The number of rotatable bonds is 6. The van der Waals surface area contributed by atoms with E-state index in [9.17, 15) is 31.2 Å². The second-order valence-electron chi connectivity index (χ2n) is 10.1. The van der Waals surface area contributed by atoms with Gasteiger partial charge < -0.3 is 10.2 Å². The Morgan fingerprint density at radius 1 is 0.972 bits per heavy atom. The van der Waals surface area contributed by atoms with Crippen LogP contribution in [-0.4, -0.2) is 72.5 Å². The molecule has 36 heavy (non-hydrogen) atoms. The topological polar surface area (TPSA) is 90.0 Å². The van der Waals surface area contributed by atoms with Gasteiger partial charge in [-0.1, -0.05) is 19.1 Å². The molecule has 0 aromatic heterocycles. The van der Waals surface area contributed by atoms with Gasteiger partial charge in [-0.3, -0.25) is 9.59 Å². The largest absolute Gasteiger partial charge is 0.416 e. The lowest BCUT2D eigenvalue weighted by atomic mass is 9.97. The molecule has 0 unspecified atom stereocenters. The number of likely N-dealkylation sites (tertiary alicyclic amines) is 1. The Bertz CT molecular complexity index is 1060. The number of piperidine rings is 1. The Morgan fingerprint density at radius 2 is 1.64 bits per heavy atom. The van der Waals surface area contributed by atoms with E-state index < -0.39 is 33.9 Å². The smallest absolute Gasteiger partial charge is 0.350 e. The summed E-state index contributed by atoms with van der Waals surface area (Å²) in [5.74, 6) is -0.755. The van der Waals surface area contributed by atoms with Crippen LogP contribution in [0.3, 0.4) is 0 Å². The van der Waals surface area contributed by atoms with Gasteiger partial charge in [-0.05, 0) is 55.7 Å². The van der Waals surface area contributed by atoms with Gasteiger partial charge >= 0.3 is 6.18 Å². The minimum absolute atomic E-state index is 0.0548. The van der Waals surface area contributed by atoms with E-state index in [1.165, 1.54) is 20.7 Å². The molecular formula is C24H33F3N4O4S. The van der Waals surface area contributed by atoms with Crippen LogP contribution in [0.1, 0.15) is 50.2 Å². The molecule has 1 N–H and O–H groups in total. The molecule has 1 aromatic carbocycles. The van der Waals surface area contributed by atoms with Crippen molar-refractivity contribution in [2.24, 2.45) is 11.8 Å². The fourth-order valence-electron chi connectivity index (χ4n) is 5.28. The van der Waals surface area contributed by atoms with Crippen molar-refractivity contribution in [2.45, 2.75) is 57.8 Å². The summed E-state index contributed by atoms with van der Waals surface area (Å²) in [5, 5.41) is 2.73. The molecule has 3 heterocycles. The van der Waals surface area contributed by atoms with Gasteiger partial charge in [0.05, 0.1) is 11.5 Å².